The Morgan fingerprint density at radius 1 is 1.17 bits per heavy atom. The van der Waals surface area contributed by atoms with Crippen molar-refractivity contribution in [3.05, 3.63) is 42.1 Å². The Morgan fingerprint density at radius 2 is 2.00 bits per heavy atom. The molecule has 0 bridgehead atoms. The predicted molar refractivity (Wildman–Crippen MR) is 78.9 cm³/mol. The first-order valence-electron chi connectivity index (χ1n) is 6.57. The van der Waals surface area contributed by atoms with E-state index in [0.717, 1.165) is 12.1 Å². The Balaban J connectivity index is 1.74. The second-order valence-corrected chi connectivity index (χ2v) is 5.98. The van der Waals surface area contributed by atoms with Gasteiger partial charge in [-0.1, -0.05) is 18.2 Å². The first kappa shape index (κ1) is 12.0. The summed E-state index contributed by atoms with van der Waals surface area (Å²) in [6.07, 6.45) is 4.51. The van der Waals surface area contributed by atoms with E-state index in [2.05, 4.69) is 46.3 Å². The van der Waals surface area contributed by atoms with Crippen LogP contribution in [0.1, 0.15) is 18.4 Å². The van der Waals surface area contributed by atoms with E-state index < -0.39 is 0 Å². The molecule has 0 saturated carbocycles. The molecule has 3 heteroatoms. The number of fused-ring (bicyclic) bond motifs is 1. The van der Waals surface area contributed by atoms with Gasteiger partial charge in [-0.3, -0.25) is 4.98 Å². The number of nitrogens with zero attached hydrogens (tertiary/aromatic N) is 1. The molecule has 0 spiro atoms. The fraction of sp³-hybridized carbons (Fsp3) is 0.400. The minimum absolute atomic E-state index is 0.693. The van der Waals surface area contributed by atoms with Crippen LogP contribution in [0.5, 0.6) is 0 Å². The first-order valence-corrected chi connectivity index (χ1v) is 7.73. The summed E-state index contributed by atoms with van der Waals surface area (Å²) >= 11 is 2.07. The predicted octanol–water partition coefficient (Wildman–Crippen LogP) is 3.22. The van der Waals surface area contributed by atoms with Gasteiger partial charge >= 0.3 is 0 Å². The third-order valence-electron chi connectivity index (χ3n) is 3.54. The molecule has 0 atom stereocenters. The molecule has 0 aliphatic carbocycles. The average molecular weight is 258 g/mol. The Labute approximate surface area is 112 Å². The monoisotopic (exact) mass is 258 g/mol. The zero-order chi connectivity index (χ0) is 12.2. The summed E-state index contributed by atoms with van der Waals surface area (Å²) in [5.74, 6) is 2.60. The van der Waals surface area contributed by atoms with E-state index in [0.29, 0.717) is 6.04 Å². The number of para-hydroxylation sites is 1. The van der Waals surface area contributed by atoms with E-state index in [1.165, 1.54) is 35.3 Å². The molecule has 1 aliphatic rings. The average Bonchev–Trinajstić information content (AvgIpc) is 2.46. The summed E-state index contributed by atoms with van der Waals surface area (Å²) in [4.78, 5) is 4.41. The lowest BCUT2D eigenvalue weighted by Gasteiger charge is -2.22. The smallest absolute Gasteiger partial charge is 0.0705 e. The van der Waals surface area contributed by atoms with E-state index >= 15 is 0 Å². The minimum atomic E-state index is 0.693. The van der Waals surface area contributed by atoms with E-state index in [1.54, 1.807) is 0 Å². The molecule has 0 radical (unpaired) electrons. The molecule has 94 valence electrons. The molecule has 0 unspecified atom stereocenters. The van der Waals surface area contributed by atoms with Crippen LogP contribution in [0, 0.1) is 0 Å². The van der Waals surface area contributed by atoms with Crippen molar-refractivity contribution in [2.24, 2.45) is 0 Å². The van der Waals surface area contributed by atoms with Crippen molar-refractivity contribution in [2.45, 2.75) is 25.4 Å². The van der Waals surface area contributed by atoms with Crippen molar-refractivity contribution in [1.82, 2.24) is 10.3 Å². The van der Waals surface area contributed by atoms with E-state index in [-0.39, 0.29) is 0 Å². The zero-order valence-electron chi connectivity index (χ0n) is 10.4. The topological polar surface area (TPSA) is 24.9 Å². The number of nitrogens with one attached hydrogen (secondary N) is 1. The van der Waals surface area contributed by atoms with Crippen molar-refractivity contribution >= 4 is 22.7 Å². The SMILES string of the molecule is c1ccc2c(CNC3CCSCC3)ccnc2c1. The summed E-state index contributed by atoms with van der Waals surface area (Å²) in [6, 6.07) is 11.2. The van der Waals surface area contributed by atoms with Crippen molar-refractivity contribution in [3.8, 4) is 0 Å². The molecule has 1 aromatic heterocycles. The Kier molecular flexibility index (Phi) is 3.81. The molecule has 1 fully saturated rings. The number of rotatable bonds is 3. The summed E-state index contributed by atoms with van der Waals surface area (Å²) in [5, 5.41) is 4.96. The zero-order valence-corrected chi connectivity index (χ0v) is 11.2. The molecule has 1 aliphatic heterocycles. The molecule has 18 heavy (non-hydrogen) atoms. The fourth-order valence-corrected chi connectivity index (χ4v) is 3.57. The van der Waals surface area contributed by atoms with Crippen LogP contribution in [-0.2, 0) is 6.54 Å². The van der Waals surface area contributed by atoms with Crippen LogP contribution in [-0.4, -0.2) is 22.5 Å². The third kappa shape index (κ3) is 2.68. The Morgan fingerprint density at radius 3 is 2.89 bits per heavy atom. The number of hydrogen-bond donors (Lipinski definition) is 1. The second kappa shape index (κ2) is 5.72. The molecule has 0 amide bonds. The van der Waals surface area contributed by atoms with E-state index in [4.69, 9.17) is 0 Å². The Hall–Kier alpha value is -1.06. The standard InChI is InChI=1S/C15H18N2S/c1-2-4-15-14(3-1)12(5-8-16-15)11-17-13-6-9-18-10-7-13/h1-5,8,13,17H,6-7,9-11H2. The Bertz CT molecular complexity index is 515. The van der Waals surface area contributed by atoms with E-state index in [9.17, 15) is 0 Å². The van der Waals surface area contributed by atoms with Gasteiger partial charge in [-0.15, -0.1) is 0 Å². The van der Waals surface area contributed by atoms with Gasteiger partial charge in [-0.2, -0.15) is 11.8 Å². The van der Waals surface area contributed by atoms with E-state index in [1.807, 2.05) is 12.3 Å². The molecular weight excluding hydrogens is 240 g/mol. The largest absolute Gasteiger partial charge is 0.310 e. The fourth-order valence-electron chi connectivity index (χ4n) is 2.47. The molecule has 1 aromatic carbocycles. The number of thioether (sulfide) groups is 1. The molecule has 2 aromatic rings. The maximum Gasteiger partial charge on any atom is 0.0705 e. The molecular formula is C15H18N2S. The van der Waals surface area contributed by atoms with Gasteiger partial charge < -0.3 is 5.32 Å². The lowest BCUT2D eigenvalue weighted by Crippen LogP contribution is -2.32. The maximum atomic E-state index is 4.41. The molecule has 3 rings (SSSR count). The highest BCUT2D eigenvalue weighted by Crippen LogP contribution is 2.19. The first-order chi connectivity index (χ1) is 8.93. The minimum Gasteiger partial charge on any atom is -0.310 e. The van der Waals surface area contributed by atoms with Gasteiger partial charge in [-0.05, 0) is 42.0 Å². The van der Waals surface area contributed by atoms with Crippen LogP contribution in [0.15, 0.2) is 36.5 Å². The van der Waals surface area contributed by atoms with Gasteiger partial charge in [0.05, 0.1) is 5.52 Å². The highest BCUT2D eigenvalue weighted by Gasteiger charge is 2.13. The second-order valence-electron chi connectivity index (χ2n) is 4.75. The van der Waals surface area contributed by atoms with Crippen molar-refractivity contribution < 1.29 is 0 Å². The number of hydrogen-bond acceptors (Lipinski definition) is 3. The van der Waals surface area contributed by atoms with Crippen LogP contribution in [0.4, 0.5) is 0 Å². The van der Waals surface area contributed by atoms with Crippen LogP contribution in [0.25, 0.3) is 10.9 Å². The van der Waals surface area contributed by atoms with Crippen molar-refractivity contribution in [2.75, 3.05) is 11.5 Å². The lowest BCUT2D eigenvalue weighted by molar-refractivity contribution is 0.483. The quantitative estimate of drug-likeness (QED) is 0.915. The van der Waals surface area contributed by atoms with Gasteiger partial charge in [-0.25, -0.2) is 0 Å². The number of pyridine rings is 1. The van der Waals surface area contributed by atoms with Gasteiger partial charge in [0.1, 0.15) is 0 Å². The summed E-state index contributed by atoms with van der Waals surface area (Å²) in [6.45, 7) is 0.957. The summed E-state index contributed by atoms with van der Waals surface area (Å²) < 4.78 is 0. The van der Waals surface area contributed by atoms with Crippen LogP contribution >= 0.6 is 11.8 Å². The van der Waals surface area contributed by atoms with Crippen LogP contribution in [0.2, 0.25) is 0 Å². The molecule has 2 nitrogen and oxygen atoms in total. The lowest BCUT2D eigenvalue weighted by atomic mass is 10.1. The van der Waals surface area contributed by atoms with Crippen molar-refractivity contribution in [3.63, 3.8) is 0 Å². The summed E-state index contributed by atoms with van der Waals surface area (Å²) in [5.41, 5.74) is 2.45. The van der Waals surface area contributed by atoms with Gasteiger partial charge in [0.15, 0.2) is 0 Å². The van der Waals surface area contributed by atoms with Crippen LogP contribution < -0.4 is 5.32 Å². The molecule has 2 heterocycles. The summed E-state index contributed by atoms with van der Waals surface area (Å²) in [7, 11) is 0. The van der Waals surface area contributed by atoms with Gasteiger partial charge in [0.2, 0.25) is 0 Å². The van der Waals surface area contributed by atoms with Crippen LogP contribution in [0.3, 0.4) is 0 Å². The normalized spacial score (nSPS) is 17.1. The highest BCUT2D eigenvalue weighted by molar-refractivity contribution is 7.99. The number of benzene rings is 1. The van der Waals surface area contributed by atoms with Crippen molar-refractivity contribution in [1.29, 1.82) is 0 Å². The van der Waals surface area contributed by atoms with Gasteiger partial charge in [0, 0.05) is 24.2 Å². The third-order valence-corrected chi connectivity index (χ3v) is 4.59. The maximum absolute atomic E-state index is 4.41. The highest BCUT2D eigenvalue weighted by atomic mass is 32.2. The van der Waals surface area contributed by atoms with Gasteiger partial charge in [0.25, 0.3) is 0 Å². The molecule has 1 saturated heterocycles. The molecule has 1 N–H and O–H groups in total. The number of aromatic nitrogens is 1.